The first-order valence-corrected chi connectivity index (χ1v) is 12.7. The summed E-state index contributed by atoms with van der Waals surface area (Å²) in [5.74, 6) is 8.92. The van der Waals surface area contributed by atoms with Crippen molar-refractivity contribution in [2.45, 2.75) is 65.2 Å². The van der Waals surface area contributed by atoms with Crippen molar-refractivity contribution in [3.63, 3.8) is 0 Å². The van der Waals surface area contributed by atoms with Gasteiger partial charge in [-0.1, -0.05) is 88.0 Å². The molecular formula is C22H31NOSi. The standard InChI is InChI=1S/C22H31NOSi/c1-5-6-7-8-9-13-17-22(24)23(18-14-19-25(2,3)4)20-21-15-11-10-12-16-21/h10-12,15-16H,5-9,18,20H2,1-4H3. The van der Waals surface area contributed by atoms with Crippen molar-refractivity contribution in [1.82, 2.24) is 4.90 Å². The smallest absolute Gasteiger partial charge is 0.299 e. The molecule has 0 radical (unpaired) electrons. The minimum atomic E-state index is -1.43. The molecule has 25 heavy (non-hydrogen) atoms. The summed E-state index contributed by atoms with van der Waals surface area (Å²) in [4.78, 5) is 14.2. The van der Waals surface area contributed by atoms with Gasteiger partial charge in [-0.05, 0) is 17.9 Å². The molecule has 3 heteroatoms. The SMILES string of the molecule is CCCCCCC#CC(=O)N(CC#C[Si](C)(C)C)Cc1ccccc1. The highest BCUT2D eigenvalue weighted by molar-refractivity contribution is 6.83. The zero-order valence-corrected chi connectivity index (χ0v) is 17.2. The van der Waals surface area contributed by atoms with E-state index in [1.165, 1.54) is 19.3 Å². The molecule has 0 atom stereocenters. The lowest BCUT2D eigenvalue weighted by Crippen LogP contribution is -2.30. The van der Waals surface area contributed by atoms with Crippen LogP contribution in [0, 0.1) is 23.3 Å². The molecule has 134 valence electrons. The Morgan fingerprint density at radius 1 is 1.04 bits per heavy atom. The molecule has 2 nitrogen and oxygen atoms in total. The number of rotatable bonds is 7. The highest BCUT2D eigenvalue weighted by Crippen LogP contribution is 2.05. The molecule has 1 aromatic rings. The van der Waals surface area contributed by atoms with Crippen molar-refractivity contribution in [3.05, 3.63) is 35.9 Å². The molecule has 0 saturated carbocycles. The van der Waals surface area contributed by atoms with Crippen molar-refractivity contribution < 1.29 is 4.79 Å². The molecule has 0 heterocycles. The van der Waals surface area contributed by atoms with Crippen LogP contribution < -0.4 is 0 Å². The van der Waals surface area contributed by atoms with Gasteiger partial charge in [0.1, 0.15) is 8.07 Å². The Morgan fingerprint density at radius 3 is 2.40 bits per heavy atom. The van der Waals surface area contributed by atoms with Crippen LogP contribution in [-0.4, -0.2) is 25.4 Å². The predicted molar refractivity (Wildman–Crippen MR) is 110 cm³/mol. The lowest BCUT2D eigenvalue weighted by atomic mass is 10.1. The van der Waals surface area contributed by atoms with Gasteiger partial charge in [-0.25, -0.2) is 0 Å². The van der Waals surface area contributed by atoms with E-state index >= 15 is 0 Å². The molecule has 0 aliphatic carbocycles. The van der Waals surface area contributed by atoms with E-state index in [4.69, 9.17) is 0 Å². The average molecular weight is 354 g/mol. The van der Waals surface area contributed by atoms with Gasteiger partial charge in [-0.3, -0.25) is 4.79 Å². The minimum Gasteiger partial charge on any atom is -0.316 e. The van der Waals surface area contributed by atoms with Gasteiger partial charge in [0.15, 0.2) is 0 Å². The highest BCUT2D eigenvalue weighted by Gasteiger charge is 2.12. The Balaban J connectivity index is 2.70. The van der Waals surface area contributed by atoms with Gasteiger partial charge in [-0.2, -0.15) is 0 Å². The largest absolute Gasteiger partial charge is 0.316 e. The molecule has 0 aromatic heterocycles. The molecule has 1 rings (SSSR count). The van der Waals surface area contributed by atoms with E-state index in [2.05, 4.69) is 49.9 Å². The summed E-state index contributed by atoms with van der Waals surface area (Å²) < 4.78 is 0. The summed E-state index contributed by atoms with van der Waals surface area (Å²) in [6.45, 7) is 9.82. The van der Waals surface area contributed by atoms with Crippen molar-refractivity contribution in [2.75, 3.05) is 6.54 Å². The molecule has 0 aliphatic rings. The number of benzene rings is 1. The molecule has 0 saturated heterocycles. The van der Waals surface area contributed by atoms with Gasteiger partial charge < -0.3 is 4.90 Å². The van der Waals surface area contributed by atoms with Crippen molar-refractivity contribution in [1.29, 1.82) is 0 Å². The van der Waals surface area contributed by atoms with E-state index in [9.17, 15) is 4.79 Å². The van der Waals surface area contributed by atoms with Gasteiger partial charge in [0, 0.05) is 13.0 Å². The van der Waals surface area contributed by atoms with Gasteiger partial charge in [0.25, 0.3) is 5.91 Å². The fourth-order valence-electron chi connectivity index (χ4n) is 2.26. The zero-order chi connectivity index (χ0) is 18.5. The summed E-state index contributed by atoms with van der Waals surface area (Å²) in [7, 11) is -1.43. The van der Waals surface area contributed by atoms with Gasteiger partial charge in [0.2, 0.25) is 0 Å². The normalized spacial score (nSPS) is 10.2. The predicted octanol–water partition coefficient (Wildman–Crippen LogP) is 4.87. The summed E-state index contributed by atoms with van der Waals surface area (Å²) in [6, 6.07) is 10.0. The molecular weight excluding hydrogens is 322 g/mol. The fraction of sp³-hybridized carbons (Fsp3) is 0.500. The number of unbranched alkanes of at least 4 members (excludes halogenated alkanes) is 4. The first kappa shape index (κ1) is 21.1. The van der Waals surface area contributed by atoms with Crippen LogP contribution in [0.15, 0.2) is 30.3 Å². The third kappa shape index (κ3) is 10.5. The third-order valence-corrected chi connectivity index (χ3v) is 4.51. The van der Waals surface area contributed by atoms with Gasteiger partial charge >= 0.3 is 0 Å². The number of carbonyl (C=O) groups is 1. The Morgan fingerprint density at radius 2 is 1.76 bits per heavy atom. The Hall–Kier alpha value is -1.97. The summed E-state index contributed by atoms with van der Waals surface area (Å²) >= 11 is 0. The van der Waals surface area contributed by atoms with E-state index in [0.29, 0.717) is 13.1 Å². The van der Waals surface area contributed by atoms with E-state index in [1.54, 1.807) is 4.90 Å². The van der Waals surface area contributed by atoms with Crippen LogP contribution in [0.4, 0.5) is 0 Å². The molecule has 1 aromatic carbocycles. The van der Waals surface area contributed by atoms with Crippen LogP contribution in [-0.2, 0) is 11.3 Å². The van der Waals surface area contributed by atoms with Crippen LogP contribution in [0.5, 0.6) is 0 Å². The van der Waals surface area contributed by atoms with Crippen LogP contribution in [0.25, 0.3) is 0 Å². The molecule has 0 fully saturated rings. The summed E-state index contributed by atoms with van der Waals surface area (Å²) in [5, 5.41) is 0. The minimum absolute atomic E-state index is 0.121. The van der Waals surface area contributed by atoms with Crippen LogP contribution in [0.3, 0.4) is 0 Å². The monoisotopic (exact) mass is 353 g/mol. The van der Waals surface area contributed by atoms with E-state index in [-0.39, 0.29) is 5.91 Å². The number of carbonyl (C=O) groups excluding carboxylic acids is 1. The van der Waals surface area contributed by atoms with E-state index in [0.717, 1.165) is 18.4 Å². The molecule has 0 spiro atoms. The second kappa shape index (κ2) is 11.6. The van der Waals surface area contributed by atoms with Crippen molar-refractivity contribution >= 4 is 14.0 Å². The van der Waals surface area contributed by atoms with E-state index in [1.807, 2.05) is 30.3 Å². The zero-order valence-electron chi connectivity index (χ0n) is 16.2. The fourth-order valence-corrected chi connectivity index (χ4v) is 2.87. The first-order chi connectivity index (χ1) is 11.9. The topological polar surface area (TPSA) is 20.3 Å². The first-order valence-electron chi connectivity index (χ1n) is 9.24. The second-order valence-corrected chi connectivity index (χ2v) is 12.1. The second-order valence-electron chi connectivity index (χ2n) is 7.31. The summed E-state index contributed by atoms with van der Waals surface area (Å²) in [5.41, 5.74) is 4.44. The Kier molecular flexibility index (Phi) is 9.74. The highest BCUT2D eigenvalue weighted by atomic mass is 28.3. The third-order valence-electron chi connectivity index (χ3n) is 3.59. The maximum Gasteiger partial charge on any atom is 0.299 e. The number of amides is 1. The van der Waals surface area contributed by atoms with Crippen molar-refractivity contribution in [2.24, 2.45) is 0 Å². The molecule has 0 aliphatic heterocycles. The van der Waals surface area contributed by atoms with Crippen LogP contribution in [0.1, 0.15) is 44.6 Å². The number of hydrogen-bond donors (Lipinski definition) is 0. The van der Waals surface area contributed by atoms with Crippen molar-refractivity contribution in [3.8, 4) is 23.3 Å². The average Bonchev–Trinajstić information content (AvgIpc) is 2.57. The van der Waals surface area contributed by atoms with Crippen LogP contribution in [0.2, 0.25) is 19.6 Å². The Bertz CT molecular complexity index is 638. The number of hydrogen-bond acceptors (Lipinski definition) is 1. The summed E-state index contributed by atoms with van der Waals surface area (Å²) in [6.07, 6.45) is 5.51. The molecule has 1 amide bonds. The number of nitrogens with zero attached hydrogens (tertiary/aromatic N) is 1. The Labute approximate surface area is 155 Å². The lowest BCUT2D eigenvalue weighted by molar-refractivity contribution is -0.125. The molecule has 0 unspecified atom stereocenters. The van der Waals surface area contributed by atoms with Crippen LogP contribution >= 0.6 is 0 Å². The van der Waals surface area contributed by atoms with Gasteiger partial charge in [0.05, 0.1) is 6.54 Å². The molecule has 0 bridgehead atoms. The van der Waals surface area contributed by atoms with E-state index < -0.39 is 8.07 Å². The molecule has 0 N–H and O–H groups in total. The van der Waals surface area contributed by atoms with Gasteiger partial charge in [-0.15, -0.1) is 5.54 Å². The maximum absolute atomic E-state index is 12.5. The quantitative estimate of drug-likeness (QED) is 0.389. The lowest BCUT2D eigenvalue weighted by Gasteiger charge is -2.17. The maximum atomic E-state index is 12.5.